The summed E-state index contributed by atoms with van der Waals surface area (Å²) in [6.07, 6.45) is 2.20. The zero-order valence-electron chi connectivity index (χ0n) is 12.6. The zero-order chi connectivity index (χ0) is 14.3. The average Bonchev–Trinajstić information content (AvgIpc) is 3.05. The fourth-order valence-electron chi connectivity index (χ4n) is 3.71. The van der Waals surface area contributed by atoms with Gasteiger partial charge in [0.1, 0.15) is 5.76 Å². The Labute approximate surface area is 120 Å². The summed E-state index contributed by atoms with van der Waals surface area (Å²) in [5.41, 5.74) is 0. The smallest absolute Gasteiger partial charge is 0.289 e. The van der Waals surface area contributed by atoms with E-state index >= 15 is 0 Å². The molecule has 4 heteroatoms. The molecule has 2 saturated heterocycles. The molecule has 0 radical (unpaired) electrons. The molecule has 0 spiro atoms. The Morgan fingerprint density at radius 3 is 2.70 bits per heavy atom. The summed E-state index contributed by atoms with van der Waals surface area (Å²) in [6, 6.07) is 4.59. The lowest BCUT2D eigenvalue weighted by Crippen LogP contribution is -2.40. The van der Waals surface area contributed by atoms with Crippen molar-refractivity contribution in [3.05, 3.63) is 23.7 Å². The molecule has 4 nitrogen and oxygen atoms in total. The van der Waals surface area contributed by atoms with E-state index in [1.807, 2.05) is 17.9 Å². The first-order valence-electron chi connectivity index (χ1n) is 7.67. The van der Waals surface area contributed by atoms with Crippen molar-refractivity contribution in [1.82, 2.24) is 9.80 Å². The van der Waals surface area contributed by atoms with E-state index < -0.39 is 0 Å². The Kier molecular flexibility index (Phi) is 3.59. The van der Waals surface area contributed by atoms with E-state index in [4.69, 9.17) is 4.42 Å². The Morgan fingerprint density at radius 2 is 2.05 bits per heavy atom. The molecule has 0 saturated carbocycles. The van der Waals surface area contributed by atoms with Crippen LogP contribution in [0.15, 0.2) is 16.5 Å². The number of amides is 1. The lowest BCUT2D eigenvalue weighted by atomic mass is 10.1. The predicted molar refractivity (Wildman–Crippen MR) is 77.7 cm³/mol. The van der Waals surface area contributed by atoms with Crippen LogP contribution in [0.25, 0.3) is 0 Å². The van der Waals surface area contributed by atoms with Crippen molar-refractivity contribution in [2.75, 3.05) is 19.6 Å². The van der Waals surface area contributed by atoms with Gasteiger partial charge in [-0.1, -0.05) is 13.8 Å². The van der Waals surface area contributed by atoms with Crippen LogP contribution in [0, 0.1) is 12.8 Å². The van der Waals surface area contributed by atoms with Gasteiger partial charge in [0, 0.05) is 31.7 Å². The number of hydrogen-bond donors (Lipinski definition) is 0. The van der Waals surface area contributed by atoms with Gasteiger partial charge in [0.2, 0.25) is 0 Å². The average molecular weight is 276 g/mol. The standard InChI is InChI=1S/C16H24N2O2/c1-11(2)10-17-8-6-14-13(17)7-9-18(14)16(19)15-5-4-12(3)20-15/h4-5,11,13-14H,6-10H2,1-3H3/t13-,14+/m0/s1. The maximum absolute atomic E-state index is 12.5. The predicted octanol–water partition coefficient (Wildman–Crippen LogP) is 2.53. The van der Waals surface area contributed by atoms with Gasteiger partial charge in [-0.25, -0.2) is 0 Å². The van der Waals surface area contributed by atoms with Crippen LogP contribution in [0.3, 0.4) is 0 Å². The highest BCUT2D eigenvalue weighted by molar-refractivity contribution is 5.92. The van der Waals surface area contributed by atoms with E-state index in [0.717, 1.165) is 38.2 Å². The van der Waals surface area contributed by atoms with Crippen LogP contribution >= 0.6 is 0 Å². The summed E-state index contributed by atoms with van der Waals surface area (Å²) < 4.78 is 5.49. The molecule has 1 amide bonds. The second-order valence-corrected chi connectivity index (χ2v) is 6.51. The molecule has 3 rings (SSSR count). The van der Waals surface area contributed by atoms with Gasteiger partial charge >= 0.3 is 0 Å². The van der Waals surface area contributed by atoms with Crippen LogP contribution in [0.5, 0.6) is 0 Å². The van der Waals surface area contributed by atoms with Gasteiger partial charge in [0.05, 0.1) is 0 Å². The van der Waals surface area contributed by atoms with Crippen LogP contribution in [-0.4, -0.2) is 47.4 Å². The molecular formula is C16H24N2O2. The highest BCUT2D eigenvalue weighted by Crippen LogP contribution is 2.33. The van der Waals surface area contributed by atoms with Gasteiger partial charge in [0.25, 0.3) is 5.91 Å². The third-order valence-electron chi connectivity index (χ3n) is 4.50. The molecular weight excluding hydrogens is 252 g/mol. The highest BCUT2D eigenvalue weighted by Gasteiger charge is 2.44. The van der Waals surface area contributed by atoms with Crippen molar-refractivity contribution in [1.29, 1.82) is 0 Å². The molecule has 2 aliphatic heterocycles. The SMILES string of the molecule is Cc1ccc(C(=O)N2CC[C@H]3[C@H]2CCN3CC(C)C)o1. The fourth-order valence-corrected chi connectivity index (χ4v) is 3.71. The summed E-state index contributed by atoms with van der Waals surface area (Å²) in [4.78, 5) is 17.1. The number of rotatable bonds is 3. The van der Waals surface area contributed by atoms with Gasteiger partial charge in [-0.15, -0.1) is 0 Å². The number of hydrogen-bond acceptors (Lipinski definition) is 3. The molecule has 2 aliphatic rings. The third kappa shape index (κ3) is 2.37. The first kappa shape index (κ1) is 13.7. The van der Waals surface area contributed by atoms with Crippen molar-refractivity contribution in [3.8, 4) is 0 Å². The van der Waals surface area contributed by atoms with Crippen molar-refractivity contribution >= 4 is 5.91 Å². The molecule has 0 bridgehead atoms. The molecule has 1 aromatic heterocycles. The molecule has 2 fully saturated rings. The normalized spacial score (nSPS) is 26.5. The van der Waals surface area contributed by atoms with Crippen LogP contribution in [0.2, 0.25) is 0 Å². The topological polar surface area (TPSA) is 36.7 Å². The third-order valence-corrected chi connectivity index (χ3v) is 4.50. The van der Waals surface area contributed by atoms with Gasteiger partial charge < -0.3 is 9.32 Å². The number of carbonyl (C=O) groups is 1. The molecule has 0 aromatic carbocycles. The Balaban J connectivity index is 1.70. The summed E-state index contributed by atoms with van der Waals surface area (Å²) in [6.45, 7) is 9.52. The highest BCUT2D eigenvalue weighted by atomic mass is 16.3. The number of carbonyl (C=O) groups excluding carboxylic acids is 1. The summed E-state index contributed by atoms with van der Waals surface area (Å²) in [5.74, 6) is 2.05. The number of nitrogens with zero attached hydrogens (tertiary/aromatic N) is 2. The second-order valence-electron chi connectivity index (χ2n) is 6.51. The minimum absolute atomic E-state index is 0.0667. The van der Waals surface area contributed by atoms with E-state index in [9.17, 15) is 4.79 Å². The van der Waals surface area contributed by atoms with E-state index in [2.05, 4.69) is 18.7 Å². The largest absolute Gasteiger partial charge is 0.456 e. The van der Waals surface area contributed by atoms with E-state index in [1.54, 1.807) is 6.07 Å². The van der Waals surface area contributed by atoms with Crippen LogP contribution < -0.4 is 0 Å². The maximum Gasteiger partial charge on any atom is 0.289 e. The lowest BCUT2D eigenvalue weighted by Gasteiger charge is -2.26. The van der Waals surface area contributed by atoms with Crippen molar-refractivity contribution in [2.45, 2.75) is 45.7 Å². The maximum atomic E-state index is 12.5. The minimum Gasteiger partial charge on any atom is -0.456 e. The van der Waals surface area contributed by atoms with Gasteiger partial charge in [-0.3, -0.25) is 9.69 Å². The zero-order valence-corrected chi connectivity index (χ0v) is 12.6. The molecule has 1 aromatic rings. The molecule has 20 heavy (non-hydrogen) atoms. The number of aryl methyl sites for hydroxylation is 1. The van der Waals surface area contributed by atoms with Crippen molar-refractivity contribution in [3.63, 3.8) is 0 Å². The minimum atomic E-state index is 0.0667. The lowest BCUT2D eigenvalue weighted by molar-refractivity contribution is 0.0698. The second kappa shape index (κ2) is 5.24. The van der Waals surface area contributed by atoms with E-state index in [-0.39, 0.29) is 5.91 Å². The Hall–Kier alpha value is -1.29. The summed E-state index contributed by atoms with van der Waals surface area (Å²) in [5, 5.41) is 0. The molecule has 0 unspecified atom stereocenters. The quantitative estimate of drug-likeness (QED) is 0.851. The Morgan fingerprint density at radius 1 is 1.30 bits per heavy atom. The molecule has 110 valence electrons. The van der Waals surface area contributed by atoms with Gasteiger partial charge in [-0.05, 0) is 37.8 Å². The molecule has 2 atom stereocenters. The molecule has 3 heterocycles. The van der Waals surface area contributed by atoms with Crippen LogP contribution in [0.1, 0.15) is 43.0 Å². The molecule has 0 N–H and O–H groups in total. The van der Waals surface area contributed by atoms with Crippen molar-refractivity contribution < 1.29 is 9.21 Å². The first-order valence-corrected chi connectivity index (χ1v) is 7.67. The first-order chi connectivity index (χ1) is 9.56. The summed E-state index contributed by atoms with van der Waals surface area (Å²) >= 11 is 0. The number of fused-ring (bicyclic) bond motifs is 1. The number of likely N-dealkylation sites (tertiary alicyclic amines) is 2. The van der Waals surface area contributed by atoms with E-state index in [1.165, 1.54) is 0 Å². The molecule has 0 aliphatic carbocycles. The summed E-state index contributed by atoms with van der Waals surface area (Å²) in [7, 11) is 0. The van der Waals surface area contributed by atoms with E-state index in [0.29, 0.717) is 23.8 Å². The van der Waals surface area contributed by atoms with Gasteiger partial charge in [-0.2, -0.15) is 0 Å². The fraction of sp³-hybridized carbons (Fsp3) is 0.688. The number of furan rings is 1. The van der Waals surface area contributed by atoms with Crippen LogP contribution in [-0.2, 0) is 0 Å². The monoisotopic (exact) mass is 276 g/mol. The Bertz CT molecular complexity index is 494. The van der Waals surface area contributed by atoms with Crippen LogP contribution in [0.4, 0.5) is 0 Å². The van der Waals surface area contributed by atoms with Crippen molar-refractivity contribution in [2.24, 2.45) is 5.92 Å². The van der Waals surface area contributed by atoms with Gasteiger partial charge in [0.15, 0.2) is 5.76 Å².